The molecule has 6 heteroatoms. The molecule has 1 fully saturated rings. The van der Waals surface area contributed by atoms with Crippen molar-refractivity contribution >= 4 is 24.0 Å². The van der Waals surface area contributed by atoms with E-state index in [1.54, 1.807) is 0 Å². The van der Waals surface area contributed by atoms with Crippen molar-refractivity contribution in [1.82, 2.24) is 0 Å². The van der Waals surface area contributed by atoms with Crippen LogP contribution in [0.1, 0.15) is 39.0 Å². The molecule has 0 aliphatic carbocycles. The number of thiophene rings is 1. The molecule has 2 heterocycles. The highest BCUT2D eigenvalue weighted by atomic mass is 32.1. The number of halogens is 1. The van der Waals surface area contributed by atoms with Crippen LogP contribution in [0.5, 0.6) is 5.75 Å². The molecule has 0 atom stereocenters. The van der Waals surface area contributed by atoms with E-state index < -0.39 is 18.3 Å². The number of hydrogen-bond donors (Lipinski definition) is 0. The molecule has 3 nitrogen and oxygen atoms in total. The molecule has 1 saturated heterocycles. The highest BCUT2D eigenvalue weighted by Gasteiger charge is 2.53. The molecule has 1 aliphatic heterocycles. The van der Waals surface area contributed by atoms with E-state index in [-0.39, 0.29) is 5.73 Å². The van der Waals surface area contributed by atoms with Gasteiger partial charge in [0.05, 0.1) is 17.8 Å². The van der Waals surface area contributed by atoms with E-state index in [1.165, 1.54) is 11.3 Å². The fraction of sp³-hybridized carbons (Fsp3) is 0.400. The Labute approximate surface area is 158 Å². The van der Waals surface area contributed by atoms with E-state index in [1.807, 2.05) is 75.5 Å². The molecular weight excluding hydrogens is 350 g/mol. The average molecular weight is 374 g/mol. The molecule has 0 bridgehead atoms. The Bertz CT molecular complexity index is 741. The molecule has 0 spiro atoms. The van der Waals surface area contributed by atoms with E-state index in [4.69, 9.17) is 14.0 Å². The fourth-order valence-electron chi connectivity index (χ4n) is 2.69. The summed E-state index contributed by atoms with van der Waals surface area (Å²) in [5, 5.41) is 1.94. The maximum absolute atomic E-state index is 15.3. The third-order valence-corrected chi connectivity index (χ3v) is 5.86. The van der Waals surface area contributed by atoms with Crippen LogP contribution in [0.2, 0.25) is 0 Å². The molecule has 1 aromatic carbocycles. The predicted octanol–water partition coefficient (Wildman–Crippen LogP) is 5.53. The van der Waals surface area contributed by atoms with Crippen LogP contribution in [0.3, 0.4) is 0 Å². The van der Waals surface area contributed by atoms with Crippen LogP contribution in [0.15, 0.2) is 53.6 Å². The van der Waals surface area contributed by atoms with Gasteiger partial charge in [-0.15, -0.1) is 11.3 Å². The van der Waals surface area contributed by atoms with E-state index in [2.05, 4.69) is 0 Å². The minimum Gasteiger partial charge on any atom is -0.493 e. The summed E-state index contributed by atoms with van der Waals surface area (Å²) in [7, 11) is -0.992. The van der Waals surface area contributed by atoms with Crippen LogP contribution in [0.25, 0.3) is 5.57 Å². The number of para-hydroxylation sites is 1. The van der Waals surface area contributed by atoms with Gasteiger partial charge < -0.3 is 14.0 Å². The molecular formula is C20H24BFO3S. The number of rotatable bonds is 6. The number of ether oxygens (including phenoxy) is 1. The van der Waals surface area contributed by atoms with Crippen molar-refractivity contribution < 1.29 is 18.4 Å². The van der Waals surface area contributed by atoms with E-state index in [9.17, 15) is 0 Å². The Hall–Kier alpha value is -1.63. The Balaban J connectivity index is 1.79. The standard InChI is InChI=1S/C20H24BFO3S/c1-19(2)20(3,4)25-21(24-19)18(22)16(17-11-8-14-26-17)12-13-23-15-9-6-5-7-10-15/h5-11,14H,12-13H2,1-4H3. The van der Waals surface area contributed by atoms with E-state index in [0.717, 1.165) is 10.6 Å². The Morgan fingerprint density at radius 3 is 2.27 bits per heavy atom. The fourth-order valence-corrected chi connectivity index (χ4v) is 3.49. The van der Waals surface area contributed by atoms with Crippen molar-refractivity contribution in [3.05, 3.63) is 58.4 Å². The van der Waals surface area contributed by atoms with Gasteiger partial charge in [-0.1, -0.05) is 24.3 Å². The van der Waals surface area contributed by atoms with Crippen LogP contribution in [0, 0.1) is 0 Å². The molecule has 0 unspecified atom stereocenters. The first-order valence-corrected chi connectivity index (χ1v) is 9.64. The smallest absolute Gasteiger partial charge is 0.493 e. The summed E-state index contributed by atoms with van der Waals surface area (Å²) >= 11 is 1.50. The summed E-state index contributed by atoms with van der Waals surface area (Å²) < 4.78 is 32.8. The first-order chi connectivity index (χ1) is 12.3. The first-order valence-electron chi connectivity index (χ1n) is 8.76. The monoisotopic (exact) mass is 374 g/mol. The highest BCUT2D eigenvalue weighted by molar-refractivity contribution is 7.11. The van der Waals surface area contributed by atoms with Gasteiger partial charge in [-0.25, -0.2) is 4.39 Å². The van der Waals surface area contributed by atoms with Crippen LogP contribution in [-0.2, 0) is 9.31 Å². The molecule has 1 aromatic heterocycles. The minimum absolute atomic E-state index is 0.372. The van der Waals surface area contributed by atoms with Gasteiger partial charge in [-0.3, -0.25) is 0 Å². The maximum atomic E-state index is 15.3. The van der Waals surface area contributed by atoms with Gasteiger partial charge in [0.1, 0.15) is 11.5 Å². The molecule has 0 N–H and O–H groups in total. The van der Waals surface area contributed by atoms with Crippen molar-refractivity contribution in [1.29, 1.82) is 0 Å². The normalized spacial score (nSPS) is 19.3. The maximum Gasteiger partial charge on any atom is 0.525 e. The Morgan fingerprint density at radius 2 is 1.69 bits per heavy atom. The van der Waals surface area contributed by atoms with Crippen molar-refractivity contribution in [2.75, 3.05) is 6.61 Å². The Kier molecular flexibility index (Phi) is 5.56. The topological polar surface area (TPSA) is 27.7 Å². The predicted molar refractivity (Wildman–Crippen MR) is 105 cm³/mol. The summed E-state index contributed by atoms with van der Waals surface area (Å²) in [4.78, 5) is 0.869. The van der Waals surface area contributed by atoms with Crippen molar-refractivity contribution in [3.63, 3.8) is 0 Å². The zero-order valence-electron chi connectivity index (χ0n) is 15.6. The number of hydrogen-bond acceptors (Lipinski definition) is 4. The zero-order valence-corrected chi connectivity index (χ0v) is 16.4. The van der Waals surface area contributed by atoms with Crippen LogP contribution >= 0.6 is 11.3 Å². The molecule has 26 heavy (non-hydrogen) atoms. The lowest BCUT2D eigenvalue weighted by atomic mass is 9.83. The highest BCUT2D eigenvalue weighted by Crippen LogP contribution is 2.41. The molecule has 1 aliphatic rings. The molecule has 0 amide bonds. The lowest BCUT2D eigenvalue weighted by Crippen LogP contribution is -2.41. The summed E-state index contributed by atoms with van der Waals surface area (Å²) in [6.45, 7) is 8.06. The summed E-state index contributed by atoms with van der Waals surface area (Å²) in [5.74, 6) is 0.772. The third kappa shape index (κ3) is 4.03. The molecule has 2 aromatic rings. The van der Waals surface area contributed by atoms with Gasteiger partial charge in [0.25, 0.3) is 0 Å². The first kappa shape index (κ1) is 19.1. The lowest BCUT2D eigenvalue weighted by molar-refractivity contribution is 0.00578. The molecule has 0 saturated carbocycles. The average Bonchev–Trinajstić information content (AvgIpc) is 3.19. The van der Waals surface area contributed by atoms with Crippen LogP contribution < -0.4 is 4.74 Å². The van der Waals surface area contributed by atoms with Crippen molar-refractivity contribution in [3.8, 4) is 5.75 Å². The molecule has 138 valence electrons. The van der Waals surface area contributed by atoms with Gasteiger partial charge in [0, 0.05) is 16.9 Å². The van der Waals surface area contributed by atoms with Gasteiger partial charge in [0.15, 0.2) is 0 Å². The van der Waals surface area contributed by atoms with E-state index in [0.29, 0.717) is 18.6 Å². The van der Waals surface area contributed by atoms with Crippen molar-refractivity contribution in [2.45, 2.75) is 45.3 Å². The van der Waals surface area contributed by atoms with Crippen LogP contribution in [-0.4, -0.2) is 24.9 Å². The van der Waals surface area contributed by atoms with Gasteiger partial charge in [-0.05, 0) is 51.3 Å². The molecule has 3 rings (SSSR count). The van der Waals surface area contributed by atoms with Crippen LogP contribution in [0.4, 0.5) is 4.39 Å². The Morgan fingerprint density at radius 1 is 1.04 bits per heavy atom. The summed E-state index contributed by atoms with van der Waals surface area (Å²) in [5.41, 5.74) is -0.941. The SMILES string of the molecule is CC1(C)OB(C(F)=C(CCOc2ccccc2)c2cccs2)OC1(C)C. The van der Waals surface area contributed by atoms with Gasteiger partial charge in [-0.2, -0.15) is 0 Å². The largest absolute Gasteiger partial charge is 0.525 e. The second-order valence-electron chi connectivity index (χ2n) is 7.30. The third-order valence-electron chi connectivity index (χ3n) is 4.93. The van der Waals surface area contributed by atoms with E-state index >= 15 is 4.39 Å². The zero-order chi connectivity index (χ0) is 18.8. The summed E-state index contributed by atoms with van der Waals surface area (Å²) in [6.07, 6.45) is 0.436. The second kappa shape index (κ2) is 7.55. The number of benzene rings is 1. The van der Waals surface area contributed by atoms with Gasteiger partial charge >= 0.3 is 7.12 Å². The lowest BCUT2D eigenvalue weighted by Gasteiger charge is -2.32. The van der Waals surface area contributed by atoms with Gasteiger partial charge in [0.2, 0.25) is 0 Å². The summed E-state index contributed by atoms with van der Waals surface area (Å²) in [6, 6.07) is 13.4. The second-order valence-corrected chi connectivity index (χ2v) is 8.25. The quantitative estimate of drug-likeness (QED) is 0.623. The van der Waals surface area contributed by atoms with Crippen molar-refractivity contribution in [2.24, 2.45) is 0 Å². The minimum atomic E-state index is -0.992. The molecule has 0 radical (unpaired) electrons.